The summed E-state index contributed by atoms with van der Waals surface area (Å²) < 4.78 is -0.521. The third-order valence-electron chi connectivity index (χ3n) is 3.54. The molecule has 0 saturated carbocycles. The highest BCUT2D eigenvalue weighted by atomic mass is 35.5. The van der Waals surface area contributed by atoms with E-state index in [9.17, 15) is 4.79 Å². The summed E-state index contributed by atoms with van der Waals surface area (Å²) in [6, 6.07) is 7.87. The lowest BCUT2D eigenvalue weighted by atomic mass is 10.0. The van der Waals surface area contributed by atoms with Gasteiger partial charge in [-0.05, 0) is 38.8 Å². The summed E-state index contributed by atoms with van der Waals surface area (Å²) in [6.45, 7) is 5.43. The number of thioether (sulfide) groups is 1. The minimum Gasteiger partial charge on any atom is -0.341 e. The number of nitrogens with zero attached hydrogens (tertiary/aromatic N) is 1. The summed E-state index contributed by atoms with van der Waals surface area (Å²) in [5.74, 6) is 0.161. The van der Waals surface area contributed by atoms with Gasteiger partial charge in [0.2, 0.25) is 5.91 Å². The van der Waals surface area contributed by atoms with E-state index in [1.807, 2.05) is 43.0 Å². The molecule has 0 unspecified atom stereocenters. The summed E-state index contributed by atoms with van der Waals surface area (Å²) in [4.78, 5) is 15.5. The number of hydrogen-bond acceptors (Lipinski definition) is 3. The molecule has 1 amide bonds. The van der Waals surface area contributed by atoms with Crippen molar-refractivity contribution in [3.05, 3.63) is 29.3 Å². The van der Waals surface area contributed by atoms with Crippen molar-refractivity contribution >= 4 is 29.3 Å². The van der Waals surface area contributed by atoms with Gasteiger partial charge in [0.15, 0.2) is 0 Å². The van der Waals surface area contributed by atoms with E-state index in [0.29, 0.717) is 5.02 Å². The summed E-state index contributed by atoms with van der Waals surface area (Å²) in [6.07, 6.45) is 1.77. The number of hydrogen-bond donors (Lipinski definition) is 1. The van der Waals surface area contributed by atoms with Crippen molar-refractivity contribution in [3.8, 4) is 0 Å². The number of rotatable bonds is 3. The molecular weight excluding hydrogens is 292 g/mol. The summed E-state index contributed by atoms with van der Waals surface area (Å²) in [5, 5.41) is 0.694. The lowest BCUT2D eigenvalue weighted by Gasteiger charge is -2.35. The average molecular weight is 313 g/mol. The van der Waals surface area contributed by atoms with E-state index in [1.54, 1.807) is 0 Å². The van der Waals surface area contributed by atoms with Gasteiger partial charge in [-0.25, -0.2) is 0 Å². The molecule has 2 N–H and O–H groups in total. The Morgan fingerprint density at radius 1 is 1.35 bits per heavy atom. The van der Waals surface area contributed by atoms with E-state index < -0.39 is 4.75 Å². The monoisotopic (exact) mass is 312 g/mol. The summed E-state index contributed by atoms with van der Waals surface area (Å²) in [7, 11) is 0. The molecule has 0 radical (unpaired) electrons. The molecule has 0 aromatic heterocycles. The highest BCUT2D eigenvalue weighted by molar-refractivity contribution is 8.01. The van der Waals surface area contributed by atoms with E-state index in [1.165, 1.54) is 11.8 Å². The van der Waals surface area contributed by atoms with Crippen molar-refractivity contribution in [2.45, 2.75) is 42.4 Å². The van der Waals surface area contributed by atoms with Gasteiger partial charge in [0.25, 0.3) is 0 Å². The molecule has 20 heavy (non-hydrogen) atoms. The third-order valence-corrected chi connectivity index (χ3v) is 5.25. The van der Waals surface area contributed by atoms with E-state index in [0.717, 1.165) is 30.8 Å². The molecule has 1 aromatic rings. The number of carbonyl (C=O) groups is 1. The molecule has 2 rings (SSSR count). The van der Waals surface area contributed by atoms with Crippen molar-refractivity contribution < 1.29 is 4.79 Å². The van der Waals surface area contributed by atoms with Crippen LogP contribution in [0.15, 0.2) is 29.2 Å². The predicted molar refractivity (Wildman–Crippen MR) is 85.2 cm³/mol. The fraction of sp³-hybridized carbons (Fsp3) is 0.533. The minimum atomic E-state index is -0.521. The normalized spacial score (nSPS) is 17.3. The SMILES string of the molecule is CC(C)(Sc1ccccc1Cl)C(=O)N1CCC(N)CC1. The lowest BCUT2D eigenvalue weighted by molar-refractivity contribution is -0.133. The first-order valence-electron chi connectivity index (χ1n) is 6.88. The van der Waals surface area contributed by atoms with Crippen LogP contribution in [0.4, 0.5) is 0 Å². The zero-order valence-corrected chi connectivity index (χ0v) is 13.5. The van der Waals surface area contributed by atoms with Crippen LogP contribution in [0.1, 0.15) is 26.7 Å². The topological polar surface area (TPSA) is 46.3 Å². The largest absolute Gasteiger partial charge is 0.341 e. The molecule has 1 saturated heterocycles. The molecule has 110 valence electrons. The molecular formula is C15H21ClN2OS. The molecule has 0 atom stereocenters. The lowest BCUT2D eigenvalue weighted by Crippen LogP contribution is -2.49. The molecule has 5 heteroatoms. The maximum atomic E-state index is 12.7. The van der Waals surface area contributed by atoms with Crippen molar-refractivity contribution in [1.29, 1.82) is 0 Å². The molecule has 3 nitrogen and oxygen atoms in total. The molecule has 0 bridgehead atoms. The maximum Gasteiger partial charge on any atom is 0.238 e. The predicted octanol–water partition coefficient (Wildman–Crippen LogP) is 3.16. The van der Waals surface area contributed by atoms with Crippen LogP contribution in [0, 0.1) is 0 Å². The Labute approximate surface area is 129 Å². The van der Waals surface area contributed by atoms with Crippen LogP contribution in [-0.2, 0) is 4.79 Å². The second-order valence-electron chi connectivity index (χ2n) is 5.67. The first-order chi connectivity index (χ1) is 9.40. The Morgan fingerprint density at radius 2 is 1.95 bits per heavy atom. The van der Waals surface area contributed by atoms with Gasteiger partial charge in [0.05, 0.1) is 9.77 Å². The van der Waals surface area contributed by atoms with Gasteiger partial charge in [-0.1, -0.05) is 23.7 Å². The Bertz CT molecular complexity index is 485. The number of amides is 1. The van der Waals surface area contributed by atoms with Gasteiger partial charge in [-0.3, -0.25) is 4.79 Å². The fourth-order valence-electron chi connectivity index (χ4n) is 2.33. The molecule has 0 aliphatic carbocycles. The molecule has 1 aliphatic heterocycles. The van der Waals surface area contributed by atoms with Crippen LogP contribution < -0.4 is 5.73 Å². The smallest absolute Gasteiger partial charge is 0.238 e. The van der Waals surface area contributed by atoms with Gasteiger partial charge in [-0.15, -0.1) is 11.8 Å². The highest BCUT2D eigenvalue weighted by Crippen LogP contribution is 2.38. The van der Waals surface area contributed by atoms with Crippen LogP contribution in [0.2, 0.25) is 5.02 Å². The molecule has 1 heterocycles. The number of nitrogens with two attached hydrogens (primary N) is 1. The molecule has 1 aliphatic rings. The number of piperidine rings is 1. The van der Waals surface area contributed by atoms with Gasteiger partial charge >= 0.3 is 0 Å². The quantitative estimate of drug-likeness (QED) is 0.872. The Hall–Kier alpha value is -0.710. The maximum absolute atomic E-state index is 12.7. The van der Waals surface area contributed by atoms with Crippen molar-refractivity contribution in [2.24, 2.45) is 5.73 Å². The van der Waals surface area contributed by atoms with Crippen LogP contribution >= 0.6 is 23.4 Å². The molecule has 1 aromatic carbocycles. The van der Waals surface area contributed by atoms with Crippen LogP contribution in [0.3, 0.4) is 0 Å². The highest BCUT2D eigenvalue weighted by Gasteiger charge is 2.34. The fourth-order valence-corrected chi connectivity index (χ4v) is 3.66. The number of carbonyl (C=O) groups excluding carboxylic acids is 1. The Balaban J connectivity index is 2.06. The van der Waals surface area contributed by atoms with Crippen molar-refractivity contribution in [3.63, 3.8) is 0 Å². The van der Waals surface area contributed by atoms with Gasteiger partial charge in [0, 0.05) is 24.0 Å². The van der Waals surface area contributed by atoms with Gasteiger partial charge in [0.1, 0.15) is 0 Å². The molecule has 1 fully saturated rings. The van der Waals surface area contributed by atoms with Gasteiger partial charge < -0.3 is 10.6 Å². The minimum absolute atomic E-state index is 0.161. The van der Waals surface area contributed by atoms with E-state index >= 15 is 0 Å². The van der Waals surface area contributed by atoms with E-state index in [-0.39, 0.29) is 11.9 Å². The second kappa shape index (κ2) is 6.37. The number of likely N-dealkylation sites (tertiary alicyclic amines) is 1. The second-order valence-corrected chi connectivity index (χ2v) is 7.74. The molecule has 0 spiro atoms. The van der Waals surface area contributed by atoms with E-state index in [2.05, 4.69) is 0 Å². The third kappa shape index (κ3) is 3.68. The summed E-state index contributed by atoms with van der Waals surface area (Å²) in [5.41, 5.74) is 5.89. The standard InChI is InChI=1S/C15H21ClN2OS/c1-15(2,20-13-6-4-3-5-12(13)16)14(19)18-9-7-11(17)8-10-18/h3-6,11H,7-10,17H2,1-2H3. The zero-order chi connectivity index (χ0) is 14.8. The number of benzene rings is 1. The number of halogens is 1. The van der Waals surface area contributed by atoms with E-state index in [4.69, 9.17) is 17.3 Å². The first-order valence-corrected chi connectivity index (χ1v) is 8.08. The average Bonchev–Trinajstić information content (AvgIpc) is 2.41. The first kappa shape index (κ1) is 15.7. The van der Waals surface area contributed by atoms with Crippen molar-refractivity contribution in [1.82, 2.24) is 4.90 Å². The Kier molecular flexibility index (Phi) is 4.99. The van der Waals surface area contributed by atoms with Crippen LogP contribution in [-0.4, -0.2) is 34.7 Å². The zero-order valence-electron chi connectivity index (χ0n) is 11.9. The van der Waals surface area contributed by atoms with Gasteiger partial charge in [-0.2, -0.15) is 0 Å². The van der Waals surface area contributed by atoms with Crippen LogP contribution in [0.25, 0.3) is 0 Å². The van der Waals surface area contributed by atoms with Crippen LogP contribution in [0.5, 0.6) is 0 Å². The Morgan fingerprint density at radius 3 is 2.55 bits per heavy atom. The summed E-state index contributed by atoms with van der Waals surface area (Å²) >= 11 is 7.70. The van der Waals surface area contributed by atoms with Crippen molar-refractivity contribution in [2.75, 3.05) is 13.1 Å².